The second kappa shape index (κ2) is 7.62. The summed E-state index contributed by atoms with van der Waals surface area (Å²) < 4.78 is 18.8. The van der Waals surface area contributed by atoms with Crippen LogP contribution in [-0.2, 0) is 4.79 Å². The maximum Gasteiger partial charge on any atom is 0.260 e. The molecule has 1 amide bonds. The van der Waals surface area contributed by atoms with Gasteiger partial charge in [-0.1, -0.05) is 12.1 Å². The summed E-state index contributed by atoms with van der Waals surface area (Å²) in [6.45, 7) is 2.10. The Balaban J connectivity index is 1.52. The Hall–Kier alpha value is -3.14. The van der Waals surface area contributed by atoms with E-state index in [1.165, 1.54) is 12.1 Å². The summed E-state index contributed by atoms with van der Waals surface area (Å²) in [5.74, 6) is 0.144. The summed E-state index contributed by atoms with van der Waals surface area (Å²) in [5, 5.41) is 8.96. The van der Waals surface area contributed by atoms with Crippen LogP contribution >= 0.6 is 0 Å². The van der Waals surface area contributed by atoms with E-state index in [0.717, 1.165) is 5.82 Å². The van der Waals surface area contributed by atoms with Gasteiger partial charge in [0, 0.05) is 32.4 Å². The van der Waals surface area contributed by atoms with Crippen LogP contribution in [0.1, 0.15) is 5.56 Å². The highest BCUT2D eigenvalue weighted by molar-refractivity contribution is 5.78. The van der Waals surface area contributed by atoms with Crippen LogP contribution in [0.25, 0.3) is 0 Å². The fraction of sp³-hybridized carbons (Fsp3) is 0.278. The van der Waals surface area contributed by atoms with Gasteiger partial charge < -0.3 is 14.5 Å². The first-order chi connectivity index (χ1) is 12.2. The summed E-state index contributed by atoms with van der Waals surface area (Å²) in [6.07, 6.45) is 1.60. The molecule has 1 aliphatic rings. The third-order valence-electron chi connectivity index (χ3n) is 4.02. The molecule has 2 aromatic rings. The molecule has 7 heteroatoms. The van der Waals surface area contributed by atoms with Gasteiger partial charge in [-0.25, -0.2) is 9.37 Å². The van der Waals surface area contributed by atoms with Crippen molar-refractivity contribution in [1.29, 1.82) is 5.26 Å². The van der Waals surface area contributed by atoms with Gasteiger partial charge in [-0.2, -0.15) is 5.26 Å². The van der Waals surface area contributed by atoms with Crippen molar-refractivity contribution in [2.45, 2.75) is 0 Å². The number of carbonyl (C=O) groups excluding carboxylic acids is 1. The second-order valence-corrected chi connectivity index (χ2v) is 5.60. The summed E-state index contributed by atoms with van der Waals surface area (Å²) in [7, 11) is 0. The zero-order valence-electron chi connectivity index (χ0n) is 13.6. The minimum atomic E-state index is -0.483. The van der Waals surface area contributed by atoms with Crippen LogP contribution in [-0.4, -0.2) is 48.6 Å². The maximum absolute atomic E-state index is 13.5. The van der Waals surface area contributed by atoms with Crippen molar-refractivity contribution >= 4 is 11.7 Å². The van der Waals surface area contributed by atoms with Crippen molar-refractivity contribution in [1.82, 2.24) is 9.88 Å². The number of ether oxygens (including phenoxy) is 1. The zero-order chi connectivity index (χ0) is 17.6. The topological polar surface area (TPSA) is 69.5 Å². The molecule has 6 nitrogen and oxygen atoms in total. The van der Waals surface area contributed by atoms with Crippen LogP contribution < -0.4 is 9.64 Å². The predicted molar refractivity (Wildman–Crippen MR) is 89.6 cm³/mol. The largest absolute Gasteiger partial charge is 0.481 e. The average Bonchev–Trinajstić information content (AvgIpc) is 2.67. The lowest BCUT2D eigenvalue weighted by Gasteiger charge is -2.35. The molecule has 1 fully saturated rings. The molecule has 0 spiro atoms. The average molecular weight is 340 g/mol. The number of para-hydroxylation sites is 1. The van der Waals surface area contributed by atoms with E-state index in [4.69, 9.17) is 10.00 Å². The van der Waals surface area contributed by atoms with Gasteiger partial charge in [0.2, 0.25) is 0 Å². The van der Waals surface area contributed by atoms with Crippen molar-refractivity contribution in [3.05, 3.63) is 54.0 Å². The summed E-state index contributed by atoms with van der Waals surface area (Å²) in [4.78, 5) is 20.2. The number of rotatable bonds is 4. The smallest absolute Gasteiger partial charge is 0.260 e. The number of carbonyl (C=O) groups is 1. The van der Waals surface area contributed by atoms with E-state index >= 15 is 0 Å². The van der Waals surface area contributed by atoms with E-state index in [9.17, 15) is 9.18 Å². The first-order valence-corrected chi connectivity index (χ1v) is 7.93. The predicted octanol–water partition coefficient (Wildman–Crippen LogP) is 1.82. The molecule has 1 aromatic heterocycles. The Morgan fingerprint density at radius 2 is 2.00 bits per heavy atom. The van der Waals surface area contributed by atoms with Crippen molar-refractivity contribution < 1.29 is 13.9 Å². The summed E-state index contributed by atoms with van der Waals surface area (Å²) in [6, 6.07) is 11.5. The van der Waals surface area contributed by atoms with E-state index in [2.05, 4.69) is 11.1 Å². The molecule has 0 atom stereocenters. The highest BCUT2D eigenvalue weighted by atomic mass is 19.1. The minimum absolute atomic E-state index is 0.0759. The Labute approximate surface area is 145 Å². The molecular weight excluding hydrogens is 323 g/mol. The van der Waals surface area contributed by atoms with Gasteiger partial charge in [0.15, 0.2) is 18.2 Å². The lowest BCUT2D eigenvalue weighted by atomic mass is 10.2. The van der Waals surface area contributed by atoms with Gasteiger partial charge >= 0.3 is 0 Å². The van der Waals surface area contributed by atoms with Crippen LogP contribution in [0, 0.1) is 17.1 Å². The van der Waals surface area contributed by atoms with Crippen molar-refractivity contribution in [3.63, 3.8) is 0 Å². The first-order valence-electron chi connectivity index (χ1n) is 7.93. The van der Waals surface area contributed by atoms with Crippen LogP contribution in [0.4, 0.5) is 10.2 Å². The number of benzene rings is 1. The van der Waals surface area contributed by atoms with E-state index in [0.29, 0.717) is 31.7 Å². The quantitative estimate of drug-likeness (QED) is 0.849. The normalized spacial score (nSPS) is 14.1. The van der Waals surface area contributed by atoms with Crippen LogP contribution in [0.2, 0.25) is 0 Å². The lowest BCUT2D eigenvalue weighted by Crippen LogP contribution is -2.50. The molecule has 1 aliphatic heterocycles. The highest BCUT2D eigenvalue weighted by Crippen LogP contribution is 2.17. The third-order valence-corrected chi connectivity index (χ3v) is 4.02. The van der Waals surface area contributed by atoms with Gasteiger partial charge in [-0.05, 0) is 24.3 Å². The van der Waals surface area contributed by atoms with Crippen molar-refractivity contribution in [3.8, 4) is 11.8 Å². The van der Waals surface area contributed by atoms with Crippen molar-refractivity contribution in [2.24, 2.45) is 0 Å². The number of hydrogen-bond acceptors (Lipinski definition) is 5. The van der Waals surface area contributed by atoms with E-state index in [1.807, 2.05) is 4.90 Å². The minimum Gasteiger partial charge on any atom is -0.481 e. The fourth-order valence-corrected chi connectivity index (χ4v) is 2.64. The molecule has 1 saturated heterocycles. The number of pyridine rings is 1. The van der Waals surface area contributed by atoms with E-state index in [-0.39, 0.29) is 18.3 Å². The molecule has 2 heterocycles. The molecule has 1 aromatic carbocycles. The van der Waals surface area contributed by atoms with Crippen molar-refractivity contribution in [2.75, 3.05) is 37.7 Å². The lowest BCUT2D eigenvalue weighted by molar-refractivity contribution is -0.133. The monoisotopic (exact) mass is 340 g/mol. The number of nitriles is 1. The van der Waals surface area contributed by atoms with E-state index in [1.54, 1.807) is 35.4 Å². The van der Waals surface area contributed by atoms with Crippen LogP contribution in [0.15, 0.2) is 42.6 Å². The van der Waals surface area contributed by atoms with Gasteiger partial charge in [0.1, 0.15) is 5.82 Å². The molecule has 0 bridgehead atoms. The molecule has 0 saturated carbocycles. The number of anilines is 1. The number of amides is 1. The number of nitrogens with zero attached hydrogens (tertiary/aromatic N) is 4. The Bertz CT molecular complexity index is 798. The number of halogens is 1. The molecule has 128 valence electrons. The van der Waals surface area contributed by atoms with E-state index < -0.39 is 5.82 Å². The Kier molecular flexibility index (Phi) is 5.09. The van der Waals surface area contributed by atoms with Gasteiger partial charge in [-0.15, -0.1) is 0 Å². The summed E-state index contributed by atoms with van der Waals surface area (Å²) >= 11 is 0. The molecule has 3 rings (SSSR count). The Morgan fingerprint density at radius 3 is 2.72 bits per heavy atom. The van der Waals surface area contributed by atoms with Gasteiger partial charge in [-0.3, -0.25) is 4.79 Å². The Morgan fingerprint density at radius 1 is 1.24 bits per heavy atom. The molecule has 25 heavy (non-hydrogen) atoms. The maximum atomic E-state index is 13.5. The number of hydrogen-bond donors (Lipinski definition) is 0. The molecule has 0 unspecified atom stereocenters. The number of aromatic nitrogens is 1. The van der Waals surface area contributed by atoms with Crippen LogP contribution in [0.5, 0.6) is 5.75 Å². The number of piperazine rings is 1. The zero-order valence-corrected chi connectivity index (χ0v) is 13.6. The SMILES string of the molecule is N#Cc1ccnc(N2CCN(C(=O)COc3ccccc3F)CC2)c1. The molecule has 0 N–H and O–H groups in total. The molecular formula is C18H17FN4O2. The first kappa shape index (κ1) is 16.7. The second-order valence-electron chi connectivity index (χ2n) is 5.60. The molecule has 0 aliphatic carbocycles. The van der Waals surface area contributed by atoms with Gasteiger partial charge in [0.05, 0.1) is 11.6 Å². The van der Waals surface area contributed by atoms with Gasteiger partial charge in [0.25, 0.3) is 5.91 Å². The fourth-order valence-electron chi connectivity index (χ4n) is 2.64. The molecule has 0 radical (unpaired) electrons. The van der Waals surface area contributed by atoms with Crippen LogP contribution in [0.3, 0.4) is 0 Å². The standard InChI is InChI=1S/C18H17FN4O2/c19-15-3-1-2-4-16(15)25-13-18(24)23-9-7-22(8-10-23)17-11-14(12-20)5-6-21-17/h1-6,11H,7-10,13H2. The highest BCUT2D eigenvalue weighted by Gasteiger charge is 2.22. The third kappa shape index (κ3) is 4.04. The summed E-state index contributed by atoms with van der Waals surface area (Å²) in [5.41, 5.74) is 0.557.